The van der Waals surface area contributed by atoms with E-state index in [0.717, 1.165) is 35.5 Å². The highest BCUT2D eigenvalue weighted by molar-refractivity contribution is 7.10. The molecule has 4 nitrogen and oxygen atoms in total. The van der Waals surface area contributed by atoms with Gasteiger partial charge in [0.2, 0.25) is 0 Å². The molecule has 1 aliphatic rings. The minimum atomic E-state index is -4.40. The molecule has 0 N–H and O–H groups in total. The topological polar surface area (TPSA) is 32.8 Å². The van der Waals surface area contributed by atoms with Crippen LogP contribution >= 0.6 is 11.3 Å². The smallest absolute Gasteiger partial charge is 0.416 e. The maximum Gasteiger partial charge on any atom is 0.416 e. The molecule has 0 spiro atoms. The number of alkyl halides is 3. The maximum atomic E-state index is 13.5. The Balaban J connectivity index is 1.58. The Hall–Kier alpha value is -2.84. The lowest BCUT2D eigenvalue weighted by atomic mass is 9.92. The van der Waals surface area contributed by atoms with Gasteiger partial charge < -0.3 is 14.5 Å². The quantitative estimate of drug-likeness (QED) is 0.473. The summed E-state index contributed by atoms with van der Waals surface area (Å²) in [5, 5.41) is 1.97. The van der Waals surface area contributed by atoms with Crippen LogP contribution in [0.4, 0.5) is 13.2 Å². The molecule has 0 bridgehead atoms. The normalized spacial score (nSPS) is 16.1. The molecule has 1 atom stereocenters. The third-order valence-corrected chi connectivity index (χ3v) is 6.69. The highest BCUT2D eigenvalue weighted by atomic mass is 32.1. The molecule has 1 unspecified atom stereocenters. The molecule has 0 fully saturated rings. The number of halogens is 3. The van der Waals surface area contributed by atoms with E-state index < -0.39 is 17.8 Å². The van der Waals surface area contributed by atoms with Crippen LogP contribution in [0.3, 0.4) is 0 Å². The number of carbonyl (C=O) groups is 1. The Morgan fingerprint density at radius 3 is 2.42 bits per heavy atom. The summed E-state index contributed by atoms with van der Waals surface area (Å²) in [6, 6.07) is 13.7. The van der Waals surface area contributed by atoms with Crippen molar-refractivity contribution in [3.8, 4) is 5.75 Å². The molecular formula is C25H25F3N2O2S. The van der Waals surface area contributed by atoms with E-state index in [1.54, 1.807) is 40.5 Å². The highest BCUT2D eigenvalue weighted by Crippen LogP contribution is 2.39. The molecule has 8 heteroatoms. The number of hydrogen-bond acceptors (Lipinski definition) is 4. The molecule has 2 aromatic carbocycles. The Bertz CT molecular complexity index is 1090. The van der Waals surface area contributed by atoms with Crippen LogP contribution in [0.2, 0.25) is 0 Å². The zero-order valence-corrected chi connectivity index (χ0v) is 19.2. The number of likely N-dealkylation sites (N-methyl/N-ethyl adjacent to an activating group) is 1. The van der Waals surface area contributed by atoms with Crippen molar-refractivity contribution in [3.05, 3.63) is 87.1 Å². The van der Waals surface area contributed by atoms with Gasteiger partial charge >= 0.3 is 6.18 Å². The molecular weight excluding hydrogens is 449 g/mol. The van der Waals surface area contributed by atoms with Crippen molar-refractivity contribution in [3.63, 3.8) is 0 Å². The molecule has 174 valence electrons. The van der Waals surface area contributed by atoms with Crippen molar-refractivity contribution in [1.29, 1.82) is 0 Å². The molecule has 3 aromatic rings. The monoisotopic (exact) mass is 474 g/mol. The summed E-state index contributed by atoms with van der Waals surface area (Å²) < 4.78 is 44.9. The largest absolute Gasteiger partial charge is 0.492 e. The van der Waals surface area contributed by atoms with Crippen LogP contribution in [0.25, 0.3) is 0 Å². The van der Waals surface area contributed by atoms with Crippen LogP contribution < -0.4 is 4.74 Å². The molecule has 33 heavy (non-hydrogen) atoms. The molecule has 1 aliphatic heterocycles. The average molecular weight is 475 g/mol. The minimum absolute atomic E-state index is 0.156. The van der Waals surface area contributed by atoms with Crippen molar-refractivity contribution in [2.75, 3.05) is 33.8 Å². The summed E-state index contributed by atoms with van der Waals surface area (Å²) in [5.41, 5.74) is 1.46. The zero-order valence-electron chi connectivity index (χ0n) is 18.4. The number of fused-ring (bicyclic) bond motifs is 1. The molecule has 0 saturated carbocycles. The predicted octanol–water partition coefficient (Wildman–Crippen LogP) is 5.50. The molecule has 0 saturated heterocycles. The van der Waals surface area contributed by atoms with E-state index in [1.165, 1.54) is 12.1 Å². The van der Waals surface area contributed by atoms with Gasteiger partial charge in [0.25, 0.3) is 5.91 Å². The van der Waals surface area contributed by atoms with E-state index in [4.69, 9.17) is 4.74 Å². The first-order valence-electron chi connectivity index (χ1n) is 10.7. The van der Waals surface area contributed by atoms with Gasteiger partial charge in [0.15, 0.2) is 0 Å². The number of hydrogen-bond donors (Lipinski definition) is 0. The zero-order chi connectivity index (χ0) is 23.6. The summed E-state index contributed by atoms with van der Waals surface area (Å²) in [6.45, 7) is 1.83. The van der Waals surface area contributed by atoms with E-state index >= 15 is 0 Å². The predicted molar refractivity (Wildman–Crippen MR) is 123 cm³/mol. The molecule has 1 aromatic heterocycles. The fourth-order valence-corrected chi connectivity index (χ4v) is 4.86. The Labute approximate surface area is 195 Å². The van der Waals surface area contributed by atoms with E-state index in [2.05, 4.69) is 0 Å². The lowest BCUT2D eigenvalue weighted by molar-refractivity contribution is -0.137. The van der Waals surface area contributed by atoms with Crippen LogP contribution in [0.1, 0.15) is 38.0 Å². The van der Waals surface area contributed by atoms with Gasteiger partial charge in [0, 0.05) is 23.5 Å². The Morgan fingerprint density at radius 1 is 1.09 bits per heavy atom. The van der Waals surface area contributed by atoms with Gasteiger partial charge in [-0.3, -0.25) is 4.79 Å². The van der Waals surface area contributed by atoms with Crippen LogP contribution in [-0.2, 0) is 12.6 Å². The second-order valence-corrected chi connectivity index (χ2v) is 9.25. The third kappa shape index (κ3) is 5.23. The van der Waals surface area contributed by atoms with E-state index in [1.807, 2.05) is 30.4 Å². The van der Waals surface area contributed by atoms with Crippen LogP contribution in [-0.4, -0.2) is 49.5 Å². The number of ether oxygens (including phenoxy) is 1. The summed E-state index contributed by atoms with van der Waals surface area (Å²) >= 11 is 1.61. The van der Waals surface area contributed by atoms with Gasteiger partial charge in [-0.05, 0) is 79.5 Å². The average Bonchev–Trinajstić information content (AvgIpc) is 3.26. The first kappa shape index (κ1) is 23.3. The number of rotatable bonds is 6. The van der Waals surface area contributed by atoms with Crippen molar-refractivity contribution in [2.24, 2.45) is 0 Å². The van der Waals surface area contributed by atoms with Crippen LogP contribution in [0.5, 0.6) is 5.75 Å². The van der Waals surface area contributed by atoms with Gasteiger partial charge in [0.05, 0.1) is 11.6 Å². The minimum Gasteiger partial charge on any atom is -0.492 e. The molecule has 4 rings (SSSR count). The number of nitrogens with zero attached hydrogens (tertiary/aromatic N) is 2. The standard InChI is InChI=1S/C25H25F3N2O2S/c1-29(2)14-15-32-20-9-5-18(6-10-20)24(31)30-13-11-22-21(12-16-33-22)23(30)17-3-7-19(8-4-17)25(26,27)28/h3-10,12,16,23H,11,13-15H2,1-2H3. The van der Waals surface area contributed by atoms with Gasteiger partial charge in [-0.15, -0.1) is 11.3 Å². The van der Waals surface area contributed by atoms with Gasteiger partial charge in [-0.2, -0.15) is 13.2 Å². The second-order valence-electron chi connectivity index (χ2n) is 8.25. The number of carbonyl (C=O) groups excluding carboxylic acids is 1. The molecule has 0 aliphatic carbocycles. The SMILES string of the molecule is CN(C)CCOc1ccc(C(=O)N2CCc3sccc3C2c2ccc(C(F)(F)F)cc2)cc1. The van der Waals surface area contributed by atoms with Crippen molar-refractivity contribution >= 4 is 17.2 Å². The van der Waals surface area contributed by atoms with E-state index in [-0.39, 0.29) is 5.91 Å². The summed E-state index contributed by atoms with van der Waals surface area (Å²) in [4.78, 5) is 18.4. The van der Waals surface area contributed by atoms with Gasteiger partial charge in [0.1, 0.15) is 12.4 Å². The van der Waals surface area contributed by atoms with Crippen LogP contribution in [0, 0.1) is 0 Å². The van der Waals surface area contributed by atoms with E-state index in [0.29, 0.717) is 30.0 Å². The first-order chi connectivity index (χ1) is 15.7. The van der Waals surface area contributed by atoms with Gasteiger partial charge in [-0.25, -0.2) is 0 Å². The molecule has 0 radical (unpaired) electrons. The van der Waals surface area contributed by atoms with E-state index in [9.17, 15) is 18.0 Å². The highest BCUT2D eigenvalue weighted by Gasteiger charge is 2.35. The summed E-state index contributed by atoms with van der Waals surface area (Å²) in [7, 11) is 3.94. The third-order valence-electron chi connectivity index (χ3n) is 5.69. The number of amides is 1. The second kappa shape index (κ2) is 9.57. The van der Waals surface area contributed by atoms with Crippen molar-refractivity contribution in [2.45, 2.75) is 18.6 Å². The summed E-state index contributed by atoms with van der Waals surface area (Å²) in [5.74, 6) is 0.531. The molecule has 1 amide bonds. The van der Waals surface area contributed by atoms with Crippen molar-refractivity contribution < 1.29 is 22.7 Å². The Kier molecular flexibility index (Phi) is 6.76. The summed E-state index contributed by atoms with van der Waals surface area (Å²) in [6.07, 6.45) is -3.67. The Morgan fingerprint density at radius 2 is 1.79 bits per heavy atom. The first-order valence-corrected chi connectivity index (χ1v) is 11.5. The van der Waals surface area contributed by atoms with Crippen LogP contribution in [0.15, 0.2) is 60.0 Å². The van der Waals surface area contributed by atoms with Gasteiger partial charge in [-0.1, -0.05) is 12.1 Å². The maximum absolute atomic E-state index is 13.5. The number of benzene rings is 2. The fraction of sp³-hybridized carbons (Fsp3) is 0.320. The fourth-order valence-electron chi connectivity index (χ4n) is 3.95. The lowest BCUT2D eigenvalue weighted by Crippen LogP contribution is -2.40. The number of thiophene rings is 1. The van der Waals surface area contributed by atoms with Crippen molar-refractivity contribution in [1.82, 2.24) is 9.80 Å². The lowest BCUT2D eigenvalue weighted by Gasteiger charge is -2.36. The molecule has 2 heterocycles.